The summed E-state index contributed by atoms with van der Waals surface area (Å²) < 4.78 is 12.6. The molecule has 5 rings (SSSR count). The molecule has 0 spiro atoms. The van der Waals surface area contributed by atoms with Crippen LogP contribution in [0.3, 0.4) is 0 Å². The number of H-pyrrole nitrogens is 1. The molecule has 3 atom stereocenters. The van der Waals surface area contributed by atoms with E-state index < -0.39 is 5.69 Å². The molecule has 1 N–H and O–H groups in total. The van der Waals surface area contributed by atoms with Gasteiger partial charge in [-0.1, -0.05) is 36.4 Å². The van der Waals surface area contributed by atoms with Gasteiger partial charge >= 0.3 is 5.69 Å². The highest BCUT2D eigenvalue weighted by atomic mass is 16.6. The van der Waals surface area contributed by atoms with Crippen LogP contribution in [0.5, 0.6) is 0 Å². The zero-order chi connectivity index (χ0) is 18.4. The number of aromatic nitrogens is 2. The molecule has 3 aromatic rings. The summed E-state index contributed by atoms with van der Waals surface area (Å²) in [6.07, 6.45) is 0.783. The monoisotopic (exact) mass is 364 g/mol. The minimum atomic E-state index is -0.392. The van der Waals surface area contributed by atoms with Crippen molar-refractivity contribution in [3.63, 3.8) is 0 Å². The van der Waals surface area contributed by atoms with Crippen LogP contribution >= 0.6 is 0 Å². The molecule has 6 nitrogen and oxygen atoms in total. The Labute approximate surface area is 155 Å². The van der Waals surface area contributed by atoms with E-state index in [9.17, 15) is 9.59 Å². The number of aromatic amines is 1. The number of benzene rings is 2. The van der Waals surface area contributed by atoms with Crippen molar-refractivity contribution in [3.05, 3.63) is 69.4 Å². The molecule has 0 saturated carbocycles. The number of hydrogen-bond acceptors (Lipinski definition) is 4. The second-order valence-electron chi connectivity index (χ2n) is 7.30. The van der Waals surface area contributed by atoms with Gasteiger partial charge in [-0.3, -0.25) is 9.36 Å². The second-order valence-corrected chi connectivity index (χ2v) is 7.30. The highest BCUT2D eigenvalue weighted by Gasteiger charge is 2.39. The van der Waals surface area contributed by atoms with E-state index in [0.29, 0.717) is 30.0 Å². The lowest BCUT2D eigenvalue weighted by Gasteiger charge is -2.14. The Morgan fingerprint density at radius 1 is 1.04 bits per heavy atom. The number of nitrogens with one attached hydrogen (secondary N) is 1. The molecule has 2 saturated heterocycles. The van der Waals surface area contributed by atoms with Crippen molar-refractivity contribution < 1.29 is 9.47 Å². The largest absolute Gasteiger partial charge is 0.378 e. The van der Waals surface area contributed by atoms with Gasteiger partial charge in [-0.15, -0.1) is 0 Å². The van der Waals surface area contributed by atoms with Crippen molar-refractivity contribution in [1.29, 1.82) is 0 Å². The van der Waals surface area contributed by atoms with Crippen LogP contribution < -0.4 is 11.2 Å². The SMILES string of the molecule is O=c1[nH]c2ccc(-c3ccccc3)cc2c(=O)n1CC1C[C@@H]2COC[C@@H]2O1. The topological polar surface area (TPSA) is 73.3 Å². The van der Waals surface area contributed by atoms with Crippen molar-refractivity contribution in [2.45, 2.75) is 25.2 Å². The Morgan fingerprint density at radius 2 is 1.89 bits per heavy atom. The summed E-state index contributed by atoms with van der Waals surface area (Å²) in [4.78, 5) is 28.3. The van der Waals surface area contributed by atoms with Gasteiger partial charge in [0.25, 0.3) is 5.56 Å². The minimum Gasteiger partial charge on any atom is -0.378 e. The van der Waals surface area contributed by atoms with E-state index in [1.165, 1.54) is 4.57 Å². The third-order valence-electron chi connectivity index (χ3n) is 5.55. The van der Waals surface area contributed by atoms with Gasteiger partial charge in [0.15, 0.2) is 0 Å². The predicted octanol–water partition coefficient (Wildman–Crippen LogP) is 2.16. The van der Waals surface area contributed by atoms with E-state index in [0.717, 1.165) is 17.5 Å². The van der Waals surface area contributed by atoms with Gasteiger partial charge in [0, 0.05) is 5.92 Å². The van der Waals surface area contributed by atoms with Gasteiger partial charge in [0.2, 0.25) is 0 Å². The van der Waals surface area contributed by atoms with Crippen molar-refractivity contribution >= 4 is 10.9 Å². The third-order valence-corrected chi connectivity index (χ3v) is 5.55. The summed E-state index contributed by atoms with van der Waals surface area (Å²) in [5.74, 6) is 0.370. The maximum absolute atomic E-state index is 13.0. The smallest absolute Gasteiger partial charge is 0.328 e. The van der Waals surface area contributed by atoms with E-state index in [2.05, 4.69) is 4.98 Å². The van der Waals surface area contributed by atoms with Crippen molar-refractivity contribution in [1.82, 2.24) is 9.55 Å². The summed E-state index contributed by atoms with van der Waals surface area (Å²) in [7, 11) is 0. The Morgan fingerprint density at radius 3 is 2.70 bits per heavy atom. The van der Waals surface area contributed by atoms with E-state index in [-0.39, 0.29) is 24.3 Å². The lowest BCUT2D eigenvalue weighted by atomic mass is 10.0. The molecule has 2 aliphatic heterocycles. The first-order chi connectivity index (χ1) is 13.2. The zero-order valence-electron chi connectivity index (χ0n) is 14.8. The van der Waals surface area contributed by atoms with E-state index in [4.69, 9.17) is 9.47 Å². The zero-order valence-corrected chi connectivity index (χ0v) is 14.8. The lowest BCUT2D eigenvalue weighted by Crippen LogP contribution is -2.38. The number of rotatable bonds is 3. The number of nitrogens with zero attached hydrogens (tertiary/aromatic N) is 1. The van der Waals surface area contributed by atoms with Gasteiger partial charge < -0.3 is 14.5 Å². The Kier molecular flexibility index (Phi) is 3.95. The van der Waals surface area contributed by atoms with Gasteiger partial charge in [-0.05, 0) is 29.7 Å². The molecular formula is C21H20N2O4. The molecule has 0 amide bonds. The fourth-order valence-corrected chi connectivity index (χ4v) is 4.14. The van der Waals surface area contributed by atoms with Gasteiger partial charge in [-0.25, -0.2) is 4.79 Å². The Balaban J connectivity index is 1.53. The second kappa shape index (κ2) is 6.48. The highest BCUT2D eigenvalue weighted by Crippen LogP contribution is 2.31. The molecule has 2 fully saturated rings. The molecule has 138 valence electrons. The van der Waals surface area contributed by atoms with Gasteiger partial charge in [-0.2, -0.15) is 0 Å². The van der Waals surface area contributed by atoms with E-state index >= 15 is 0 Å². The summed E-state index contributed by atoms with van der Waals surface area (Å²) in [6, 6.07) is 15.4. The number of ether oxygens (including phenoxy) is 2. The fraction of sp³-hybridized carbons (Fsp3) is 0.333. The lowest BCUT2D eigenvalue weighted by molar-refractivity contribution is 0.0116. The fourth-order valence-electron chi connectivity index (χ4n) is 4.14. The molecule has 2 aromatic carbocycles. The van der Waals surface area contributed by atoms with Crippen molar-refractivity contribution in [2.24, 2.45) is 5.92 Å². The van der Waals surface area contributed by atoms with Gasteiger partial charge in [0.05, 0.1) is 42.9 Å². The minimum absolute atomic E-state index is 0.0925. The Bertz CT molecular complexity index is 1090. The van der Waals surface area contributed by atoms with Crippen molar-refractivity contribution in [3.8, 4) is 11.1 Å². The molecule has 27 heavy (non-hydrogen) atoms. The summed E-state index contributed by atoms with van der Waals surface area (Å²) in [5, 5.41) is 0.512. The summed E-state index contributed by atoms with van der Waals surface area (Å²) >= 11 is 0. The standard InChI is InChI=1S/C21H20N2O4/c24-20-17-9-14(13-4-2-1-3-5-13)6-7-18(17)22-21(25)23(20)10-16-8-15-11-26-12-19(15)27-16/h1-7,9,15-16,19H,8,10-12H2,(H,22,25)/t15-,16?,19+/m1/s1. The molecule has 3 heterocycles. The average molecular weight is 364 g/mol. The Hall–Kier alpha value is -2.70. The molecule has 2 aliphatic rings. The molecular weight excluding hydrogens is 344 g/mol. The van der Waals surface area contributed by atoms with Crippen LogP contribution in [-0.4, -0.2) is 35.0 Å². The van der Waals surface area contributed by atoms with Crippen LogP contribution in [0.4, 0.5) is 0 Å². The van der Waals surface area contributed by atoms with Crippen LogP contribution in [0.1, 0.15) is 6.42 Å². The molecule has 0 aliphatic carbocycles. The molecule has 6 heteroatoms. The van der Waals surface area contributed by atoms with Crippen LogP contribution in [0.2, 0.25) is 0 Å². The quantitative estimate of drug-likeness (QED) is 0.773. The third kappa shape index (κ3) is 2.91. The maximum Gasteiger partial charge on any atom is 0.328 e. The maximum atomic E-state index is 13.0. The normalized spacial score (nSPS) is 24.4. The summed E-state index contributed by atoms with van der Waals surface area (Å²) in [5.41, 5.74) is 1.87. The first-order valence-corrected chi connectivity index (χ1v) is 9.24. The average Bonchev–Trinajstić information content (AvgIpc) is 3.27. The molecule has 0 radical (unpaired) electrons. The molecule has 1 aromatic heterocycles. The first kappa shape index (κ1) is 16.5. The predicted molar refractivity (Wildman–Crippen MR) is 102 cm³/mol. The van der Waals surface area contributed by atoms with E-state index in [1.54, 1.807) is 6.07 Å². The number of hydrogen-bond donors (Lipinski definition) is 1. The summed E-state index contributed by atoms with van der Waals surface area (Å²) in [6.45, 7) is 1.57. The molecule has 0 bridgehead atoms. The first-order valence-electron chi connectivity index (χ1n) is 9.24. The van der Waals surface area contributed by atoms with Gasteiger partial charge in [0.1, 0.15) is 0 Å². The van der Waals surface area contributed by atoms with Crippen molar-refractivity contribution in [2.75, 3.05) is 13.2 Å². The molecule has 1 unspecified atom stereocenters. The van der Waals surface area contributed by atoms with Crippen LogP contribution in [-0.2, 0) is 16.0 Å². The van der Waals surface area contributed by atoms with Crippen LogP contribution in [0.15, 0.2) is 58.1 Å². The van der Waals surface area contributed by atoms with E-state index in [1.807, 2.05) is 42.5 Å². The van der Waals surface area contributed by atoms with Crippen LogP contribution in [0.25, 0.3) is 22.0 Å². The highest BCUT2D eigenvalue weighted by molar-refractivity contribution is 5.83. The number of fused-ring (bicyclic) bond motifs is 2. The van der Waals surface area contributed by atoms with Crippen LogP contribution in [0, 0.1) is 5.92 Å².